The molecule has 4 nitrogen and oxygen atoms in total. The van der Waals surface area contributed by atoms with Gasteiger partial charge in [-0.15, -0.1) is 0 Å². The number of nitrogens with two attached hydrogens (primary N) is 2. The van der Waals surface area contributed by atoms with Gasteiger partial charge >= 0.3 is 0 Å². The molecule has 0 aromatic heterocycles. The van der Waals surface area contributed by atoms with E-state index in [2.05, 4.69) is 11.1 Å². The molecule has 0 saturated heterocycles. The molecule has 0 unspecified atom stereocenters. The maximum atomic E-state index is 11.3. The number of aryl methyl sites for hydroxylation is 1. The molecular formula is C13H15N3O. The summed E-state index contributed by atoms with van der Waals surface area (Å²) in [6.45, 7) is 0. The van der Waals surface area contributed by atoms with E-state index in [-0.39, 0.29) is 5.96 Å². The lowest BCUT2D eigenvalue weighted by molar-refractivity contribution is -0.113. The fraction of sp³-hybridized carbons (Fsp3) is 0.231. The molecule has 2 rings (SSSR count). The van der Waals surface area contributed by atoms with Gasteiger partial charge in [0.05, 0.1) is 0 Å². The molecule has 0 spiro atoms. The van der Waals surface area contributed by atoms with Crippen LogP contribution in [0.3, 0.4) is 0 Å². The second-order valence-corrected chi connectivity index (χ2v) is 4.05. The monoisotopic (exact) mass is 229 g/mol. The number of benzene rings is 1. The number of rotatable bonds is 2. The molecule has 0 aliphatic heterocycles. The molecule has 4 heteroatoms. The molecule has 88 valence electrons. The van der Waals surface area contributed by atoms with E-state index < -0.39 is 5.91 Å². The summed E-state index contributed by atoms with van der Waals surface area (Å²) in [5.74, 6) is -0.640. The van der Waals surface area contributed by atoms with Crippen LogP contribution >= 0.6 is 0 Å². The van der Waals surface area contributed by atoms with Crippen molar-refractivity contribution in [3.05, 3.63) is 41.0 Å². The minimum absolute atomic E-state index is 0.210. The topological polar surface area (TPSA) is 81.5 Å². The molecule has 0 bridgehead atoms. The summed E-state index contributed by atoms with van der Waals surface area (Å²) in [6.07, 6.45) is 6.56. The lowest BCUT2D eigenvalue weighted by atomic mass is 10.0. The smallest absolute Gasteiger partial charge is 0.272 e. The van der Waals surface area contributed by atoms with Crippen molar-refractivity contribution in [2.75, 3.05) is 0 Å². The largest absolute Gasteiger partial charge is 0.370 e. The Morgan fingerprint density at radius 2 is 2.12 bits per heavy atom. The van der Waals surface area contributed by atoms with Gasteiger partial charge in [0, 0.05) is 6.08 Å². The Balaban J connectivity index is 2.20. The predicted octanol–water partition coefficient (Wildman–Crippen LogP) is 0.988. The summed E-state index contributed by atoms with van der Waals surface area (Å²) in [5, 5.41) is 0. The molecule has 0 radical (unpaired) electrons. The van der Waals surface area contributed by atoms with Crippen molar-refractivity contribution in [3.8, 4) is 0 Å². The summed E-state index contributed by atoms with van der Waals surface area (Å²) in [4.78, 5) is 14.7. The Kier molecular flexibility index (Phi) is 3.23. The van der Waals surface area contributed by atoms with Crippen LogP contribution in [0.4, 0.5) is 0 Å². The van der Waals surface area contributed by atoms with E-state index in [9.17, 15) is 4.79 Å². The van der Waals surface area contributed by atoms with Crippen molar-refractivity contribution in [3.63, 3.8) is 0 Å². The first-order valence-electron chi connectivity index (χ1n) is 5.59. The maximum absolute atomic E-state index is 11.3. The van der Waals surface area contributed by atoms with Gasteiger partial charge in [0.2, 0.25) is 0 Å². The summed E-state index contributed by atoms with van der Waals surface area (Å²) in [7, 11) is 0. The Labute approximate surface area is 100 Å². The zero-order chi connectivity index (χ0) is 12.3. The number of hydrogen-bond donors (Lipinski definition) is 2. The molecule has 0 saturated carbocycles. The second kappa shape index (κ2) is 4.82. The number of nitrogens with zero attached hydrogens (tertiary/aromatic N) is 1. The Morgan fingerprint density at radius 1 is 1.29 bits per heavy atom. The van der Waals surface area contributed by atoms with E-state index in [0.29, 0.717) is 0 Å². The van der Waals surface area contributed by atoms with E-state index in [1.165, 1.54) is 23.6 Å². The highest BCUT2D eigenvalue weighted by Gasteiger charge is 2.12. The average molecular weight is 229 g/mol. The maximum Gasteiger partial charge on any atom is 0.272 e. The number of fused-ring (bicyclic) bond motifs is 1. The van der Waals surface area contributed by atoms with Gasteiger partial charge in [-0.2, -0.15) is 4.99 Å². The normalized spacial score (nSPS) is 13.6. The Morgan fingerprint density at radius 3 is 2.88 bits per heavy atom. The number of hydrogen-bond acceptors (Lipinski definition) is 1. The summed E-state index contributed by atoms with van der Waals surface area (Å²) < 4.78 is 0. The van der Waals surface area contributed by atoms with Crippen LogP contribution < -0.4 is 11.5 Å². The zero-order valence-electron chi connectivity index (χ0n) is 9.52. The van der Waals surface area contributed by atoms with Crippen LogP contribution in [0, 0.1) is 0 Å². The number of amides is 1. The van der Waals surface area contributed by atoms with E-state index in [1.807, 2.05) is 12.1 Å². The Bertz CT molecular complexity index is 499. The number of guanidine groups is 1. The lowest BCUT2D eigenvalue weighted by Gasteiger charge is -2.02. The van der Waals surface area contributed by atoms with E-state index in [0.717, 1.165) is 18.4 Å². The number of aliphatic imine (C=N–C) groups is 1. The van der Waals surface area contributed by atoms with E-state index in [1.54, 1.807) is 6.08 Å². The molecule has 1 amide bonds. The van der Waals surface area contributed by atoms with E-state index in [4.69, 9.17) is 11.5 Å². The standard InChI is InChI=1S/C13H15N3O/c14-13(15)16-12(17)8-7-10-4-1-3-9-5-2-6-11(9)10/h1,3-4,7-8H,2,5-6H2,(H4,14,15,16,17)/b8-7+. The fourth-order valence-electron chi connectivity index (χ4n) is 2.13. The average Bonchev–Trinajstić information content (AvgIpc) is 2.73. The van der Waals surface area contributed by atoms with Crippen LogP contribution in [-0.4, -0.2) is 11.9 Å². The van der Waals surface area contributed by atoms with E-state index >= 15 is 0 Å². The second-order valence-electron chi connectivity index (χ2n) is 4.05. The van der Waals surface area contributed by atoms with Gasteiger partial charge < -0.3 is 11.5 Å². The summed E-state index contributed by atoms with van der Waals surface area (Å²) in [6, 6.07) is 6.15. The molecular weight excluding hydrogens is 214 g/mol. The minimum Gasteiger partial charge on any atom is -0.370 e. The SMILES string of the molecule is NC(N)=NC(=O)/C=C/c1cccc2c1CCC2. The molecule has 1 aliphatic carbocycles. The van der Waals surface area contributed by atoms with Crippen molar-refractivity contribution in [2.45, 2.75) is 19.3 Å². The summed E-state index contributed by atoms with van der Waals surface area (Å²) >= 11 is 0. The van der Waals surface area contributed by atoms with Gasteiger partial charge in [0.25, 0.3) is 5.91 Å². The zero-order valence-corrected chi connectivity index (χ0v) is 9.52. The van der Waals surface area contributed by atoms with Crippen LogP contribution in [0.25, 0.3) is 6.08 Å². The van der Waals surface area contributed by atoms with Crippen molar-refractivity contribution in [2.24, 2.45) is 16.5 Å². The first kappa shape index (κ1) is 11.4. The highest BCUT2D eigenvalue weighted by atomic mass is 16.1. The fourth-order valence-corrected chi connectivity index (χ4v) is 2.13. The van der Waals surface area contributed by atoms with Crippen LogP contribution in [-0.2, 0) is 17.6 Å². The highest BCUT2D eigenvalue weighted by molar-refractivity contribution is 5.99. The lowest BCUT2D eigenvalue weighted by Crippen LogP contribution is -2.23. The minimum atomic E-state index is -0.430. The third kappa shape index (κ3) is 2.72. The van der Waals surface area contributed by atoms with Gasteiger partial charge in [-0.05, 0) is 42.0 Å². The van der Waals surface area contributed by atoms with Crippen molar-refractivity contribution >= 4 is 17.9 Å². The molecule has 1 aromatic carbocycles. The van der Waals surface area contributed by atoms with Crippen molar-refractivity contribution in [1.29, 1.82) is 0 Å². The molecule has 1 aromatic rings. The molecule has 17 heavy (non-hydrogen) atoms. The highest BCUT2D eigenvalue weighted by Crippen LogP contribution is 2.25. The van der Waals surface area contributed by atoms with Crippen molar-refractivity contribution in [1.82, 2.24) is 0 Å². The number of carbonyl (C=O) groups is 1. The molecule has 4 N–H and O–H groups in total. The summed E-state index contributed by atoms with van der Waals surface area (Å²) in [5.41, 5.74) is 14.0. The first-order valence-corrected chi connectivity index (χ1v) is 5.59. The van der Waals surface area contributed by atoms with Gasteiger partial charge in [0.1, 0.15) is 0 Å². The Hall–Kier alpha value is -2.10. The molecule has 1 aliphatic rings. The van der Waals surface area contributed by atoms with Crippen LogP contribution in [0.1, 0.15) is 23.1 Å². The molecule has 0 heterocycles. The van der Waals surface area contributed by atoms with Gasteiger partial charge in [0.15, 0.2) is 5.96 Å². The molecule has 0 fully saturated rings. The van der Waals surface area contributed by atoms with Crippen molar-refractivity contribution < 1.29 is 4.79 Å². The third-order valence-electron chi connectivity index (χ3n) is 2.83. The van der Waals surface area contributed by atoms with Crippen LogP contribution in [0.5, 0.6) is 0 Å². The van der Waals surface area contributed by atoms with Gasteiger partial charge in [-0.1, -0.05) is 18.2 Å². The number of carbonyl (C=O) groups excluding carboxylic acids is 1. The predicted molar refractivity (Wildman–Crippen MR) is 68.3 cm³/mol. The van der Waals surface area contributed by atoms with Gasteiger partial charge in [-0.3, -0.25) is 4.79 Å². The quantitative estimate of drug-likeness (QED) is 0.450. The third-order valence-corrected chi connectivity index (χ3v) is 2.83. The van der Waals surface area contributed by atoms with Gasteiger partial charge in [-0.25, -0.2) is 0 Å². The van der Waals surface area contributed by atoms with Crippen LogP contribution in [0.15, 0.2) is 29.3 Å². The molecule has 0 atom stereocenters. The first-order chi connectivity index (χ1) is 8.16. The van der Waals surface area contributed by atoms with Crippen LogP contribution in [0.2, 0.25) is 0 Å².